The Morgan fingerprint density at radius 2 is 2.06 bits per heavy atom. The summed E-state index contributed by atoms with van der Waals surface area (Å²) in [5.74, 6) is -2.89. The number of aliphatic hydroxyl groups excluding tert-OH is 1. The Kier molecular flexibility index (Phi) is 7.92. The fourth-order valence-corrected chi connectivity index (χ4v) is 7.14. The third kappa shape index (κ3) is 4.29. The largest absolute Gasteiger partial charge is 0.466 e. The maximum Gasteiger partial charge on any atom is 0.312 e. The van der Waals surface area contributed by atoms with Crippen LogP contribution in [0.5, 0.6) is 0 Å². The maximum absolute atomic E-state index is 14.4. The second-order valence-corrected chi connectivity index (χ2v) is 11.3. The van der Waals surface area contributed by atoms with Crippen LogP contribution in [0.25, 0.3) is 0 Å². The van der Waals surface area contributed by atoms with Gasteiger partial charge in [-0.1, -0.05) is 66.2 Å². The number of carbonyl (C=O) groups excluding carboxylic acids is 3. The Labute approximate surface area is 220 Å². The molecule has 2 amide bonds. The van der Waals surface area contributed by atoms with Crippen molar-refractivity contribution in [3.05, 3.63) is 48.6 Å². The zero-order valence-electron chi connectivity index (χ0n) is 21.0. The molecule has 3 unspecified atom stereocenters. The van der Waals surface area contributed by atoms with Crippen molar-refractivity contribution in [3.8, 4) is 0 Å². The number of halogens is 1. The number of rotatable bonds is 10. The molecule has 1 N–H and O–H groups in total. The molecule has 1 aromatic carbocycles. The van der Waals surface area contributed by atoms with E-state index in [0.717, 1.165) is 5.56 Å². The van der Waals surface area contributed by atoms with Crippen LogP contribution in [0.4, 0.5) is 0 Å². The quantitative estimate of drug-likeness (QED) is 0.267. The number of fused-ring (bicyclic) bond motifs is 1. The van der Waals surface area contributed by atoms with Gasteiger partial charge in [-0.05, 0) is 24.8 Å². The summed E-state index contributed by atoms with van der Waals surface area (Å²) in [6, 6.07) is 8.03. The van der Waals surface area contributed by atoms with Crippen molar-refractivity contribution in [2.75, 3.05) is 19.8 Å². The van der Waals surface area contributed by atoms with Gasteiger partial charge in [0.1, 0.15) is 11.6 Å². The van der Waals surface area contributed by atoms with Crippen molar-refractivity contribution in [2.45, 2.75) is 62.4 Å². The average molecular weight is 563 g/mol. The third-order valence-electron chi connectivity index (χ3n) is 7.71. The fraction of sp³-hybridized carbons (Fsp3) is 0.593. The summed E-state index contributed by atoms with van der Waals surface area (Å²) >= 11 is 3.65. The second-order valence-electron chi connectivity index (χ2n) is 10.1. The fourth-order valence-electron chi connectivity index (χ4n) is 6.20. The van der Waals surface area contributed by atoms with Crippen LogP contribution < -0.4 is 0 Å². The number of hydrogen-bond donors (Lipinski definition) is 1. The van der Waals surface area contributed by atoms with E-state index in [1.807, 2.05) is 44.2 Å². The van der Waals surface area contributed by atoms with Gasteiger partial charge in [0.25, 0.3) is 0 Å². The zero-order valence-corrected chi connectivity index (χ0v) is 22.6. The van der Waals surface area contributed by atoms with Crippen LogP contribution >= 0.6 is 15.9 Å². The molecule has 0 radical (unpaired) electrons. The normalized spacial score (nSPS) is 31.4. The lowest BCUT2D eigenvalue weighted by atomic mass is 9.70. The number of amides is 2. The van der Waals surface area contributed by atoms with Gasteiger partial charge < -0.3 is 24.4 Å². The van der Waals surface area contributed by atoms with E-state index in [-0.39, 0.29) is 42.3 Å². The highest BCUT2D eigenvalue weighted by atomic mass is 79.9. The molecule has 1 spiro atoms. The minimum absolute atomic E-state index is 0.121. The molecule has 3 saturated heterocycles. The molecule has 2 bridgehead atoms. The molecule has 4 rings (SSSR count). The van der Waals surface area contributed by atoms with Crippen LogP contribution in [-0.2, 0) is 30.4 Å². The van der Waals surface area contributed by atoms with Gasteiger partial charge >= 0.3 is 5.97 Å². The van der Waals surface area contributed by atoms with Crippen LogP contribution in [0.1, 0.15) is 32.8 Å². The monoisotopic (exact) mass is 562 g/mol. The summed E-state index contributed by atoms with van der Waals surface area (Å²) in [7, 11) is 0. The molecule has 3 aliphatic rings. The number of aliphatic hydroxyl groups is 1. The molecule has 3 heterocycles. The first-order valence-corrected chi connectivity index (χ1v) is 13.5. The highest BCUT2D eigenvalue weighted by Gasteiger charge is 2.77. The molecular weight excluding hydrogens is 528 g/mol. The van der Waals surface area contributed by atoms with Crippen molar-refractivity contribution in [1.29, 1.82) is 0 Å². The Hall–Kier alpha value is -2.23. The van der Waals surface area contributed by atoms with Gasteiger partial charge in [0.05, 0.1) is 37.2 Å². The molecule has 7 atom stereocenters. The van der Waals surface area contributed by atoms with Crippen molar-refractivity contribution < 1.29 is 29.0 Å². The van der Waals surface area contributed by atoms with E-state index in [4.69, 9.17) is 9.47 Å². The van der Waals surface area contributed by atoms with E-state index < -0.39 is 41.6 Å². The topological polar surface area (TPSA) is 96.4 Å². The van der Waals surface area contributed by atoms with Crippen LogP contribution in [0.3, 0.4) is 0 Å². The lowest BCUT2D eigenvalue weighted by Gasteiger charge is -2.40. The summed E-state index contributed by atoms with van der Waals surface area (Å²) < 4.78 is 11.8. The Morgan fingerprint density at radius 1 is 1.36 bits per heavy atom. The average Bonchev–Trinajstić information content (AvgIpc) is 3.43. The maximum atomic E-state index is 14.4. The number of likely N-dealkylation sites (tertiary alicyclic amines) is 1. The van der Waals surface area contributed by atoms with Crippen molar-refractivity contribution in [1.82, 2.24) is 9.80 Å². The van der Waals surface area contributed by atoms with Gasteiger partial charge in [-0.2, -0.15) is 0 Å². The summed E-state index contributed by atoms with van der Waals surface area (Å²) in [6.07, 6.45) is 1.49. The minimum atomic E-state index is -1.19. The van der Waals surface area contributed by atoms with Gasteiger partial charge in [-0.3, -0.25) is 14.4 Å². The number of alkyl halides is 1. The summed E-state index contributed by atoms with van der Waals surface area (Å²) in [5.41, 5.74) is -0.248. The Bertz CT molecular complexity index is 1000. The molecule has 9 heteroatoms. The molecule has 36 heavy (non-hydrogen) atoms. The molecule has 1 aromatic rings. The molecule has 0 aliphatic carbocycles. The number of esters is 1. The van der Waals surface area contributed by atoms with Crippen molar-refractivity contribution in [3.63, 3.8) is 0 Å². The van der Waals surface area contributed by atoms with E-state index >= 15 is 0 Å². The first kappa shape index (κ1) is 26.8. The molecule has 196 valence electrons. The molecule has 3 aliphatic heterocycles. The van der Waals surface area contributed by atoms with E-state index in [0.29, 0.717) is 13.0 Å². The zero-order chi connectivity index (χ0) is 26.2. The van der Waals surface area contributed by atoms with Crippen molar-refractivity contribution in [2.24, 2.45) is 17.8 Å². The number of carbonyl (C=O) groups is 3. The molecular formula is C27H35BrN2O6. The third-order valence-corrected chi connectivity index (χ3v) is 8.56. The van der Waals surface area contributed by atoms with E-state index in [1.165, 1.54) is 4.90 Å². The predicted octanol–water partition coefficient (Wildman–Crippen LogP) is 2.53. The van der Waals surface area contributed by atoms with Crippen LogP contribution in [0, 0.1) is 17.8 Å². The standard InChI is InChI=1S/C27H35BrN2O6/c1-5-12-29(14-17-10-8-7-9-11-17)25(33)23-27-13-18(28)22(36-27)20(26(34)35-6-2)21(27)24(32)30(23)19(15-31)16(3)4/h5,7-11,16,18-23,31H,1,6,12-15H2,2-4H3/t18?,19-,20-,21-,22-,23?,27?/m0/s1. The highest BCUT2D eigenvalue weighted by Crippen LogP contribution is 2.61. The van der Waals surface area contributed by atoms with Gasteiger partial charge in [0, 0.05) is 17.9 Å². The van der Waals surface area contributed by atoms with Crippen LogP contribution in [0.2, 0.25) is 0 Å². The Morgan fingerprint density at radius 3 is 2.64 bits per heavy atom. The second kappa shape index (κ2) is 10.6. The van der Waals surface area contributed by atoms with Gasteiger partial charge in [0.2, 0.25) is 11.8 Å². The summed E-state index contributed by atoms with van der Waals surface area (Å²) in [5, 5.41) is 10.3. The van der Waals surface area contributed by atoms with Gasteiger partial charge in [0.15, 0.2) is 0 Å². The SMILES string of the molecule is C=CCN(Cc1ccccc1)C(=O)C1N([C@@H](CO)C(C)C)C(=O)[C@@H]2[C@H](C(=O)OCC)[C@H]3OC12CC3Br. The van der Waals surface area contributed by atoms with Crippen molar-refractivity contribution >= 4 is 33.7 Å². The molecule has 8 nitrogen and oxygen atoms in total. The lowest BCUT2D eigenvalue weighted by Crippen LogP contribution is -2.59. The number of benzene rings is 1. The molecule has 0 aromatic heterocycles. The lowest BCUT2D eigenvalue weighted by molar-refractivity contribution is -0.156. The smallest absolute Gasteiger partial charge is 0.312 e. The number of ether oxygens (including phenoxy) is 2. The summed E-state index contributed by atoms with van der Waals surface area (Å²) in [6.45, 7) is 9.85. The van der Waals surface area contributed by atoms with Crippen LogP contribution in [0.15, 0.2) is 43.0 Å². The highest BCUT2D eigenvalue weighted by molar-refractivity contribution is 9.09. The van der Waals surface area contributed by atoms with E-state index in [9.17, 15) is 19.5 Å². The van der Waals surface area contributed by atoms with E-state index in [2.05, 4.69) is 22.5 Å². The first-order chi connectivity index (χ1) is 17.2. The number of nitrogens with zero attached hydrogens (tertiary/aromatic N) is 2. The molecule has 0 saturated carbocycles. The Balaban J connectivity index is 1.80. The summed E-state index contributed by atoms with van der Waals surface area (Å²) in [4.78, 5) is 44.4. The van der Waals surface area contributed by atoms with E-state index in [1.54, 1.807) is 17.9 Å². The van der Waals surface area contributed by atoms with Gasteiger partial charge in [-0.25, -0.2) is 0 Å². The first-order valence-electron chi connectivity index (χ1n) is 12.6. The minimum Gasteiger partial charge on any atom is -0.466 e. The predicted molar refractivity (Wildman–Crippen MR) is 137 cm³/mol. The molecule has 3 fully saturated rings. The number of hydrogen-bond acceptors (Lipinski definition) is 6. The van der Waals surface area contributed by atoms with Crippen LogP contribution in [-0.4, -0.2) is 81.1 Å². The van der Waals surface area contributed by atoms with Gasteiger partial charge in [-0.15, -0.1) is 6.58 Å².